The van der Waals surface area contributed by atoms with Crippen LogP contribution in [0.5, 0.6) is 5.75 Å². The van der Waals surface area contributed by atoms with Gasteiger partial charge in [-0.15, -0.1) is 0 Å². The fourth-order valence-corrected chi connectivity index (χ4v) is 2.38. The van der Waals surface area contributed by atoms with Crippen molar-refractivity contribution in [2.75, 3.05) is 13.7 Å². The number of methoxy groups -OCH3 is 1. The first kappa shape index (κ1) is 18.5. The zero-order valence-corrected chi connectivity index (χ0v) is 14.6. The van der Waals surface area contributed by atoms with E-state index in [0.29, 0.717) is 22.3 Å². The van der Waals surface area contributed by atoms with E-state index in [1.807, 2.05) is 0 Å². The predicted molar refractivity (Wildman–Crippen MR) is 89.7 cm³/mol. The Balaban J connectivity index is 2.35. The van der Waals surface area contributed by atoms with Gasteiger partial charge in [0.15, 0.2) is 6.10 Å². The summed E-state index contributed by atoms with van der Waals surface area (Å²) in [7, 11) is 1.26. The van der Waals surface area contributed by atoms with E-state index >= 15 is 0 Å². The number of esters is 2. The van der Waals surface area contributed by atoms with E-state index in [0.717, 1.165) is 0 Å². The van der Waals surface area contributed by atoms with Gasteiger partial charge in [0.2, 0.25) is 0 Å². The van der Waals surface area contributed by atoms with Crippen molar-refractivity contribution in [1.29, 1.82) is 0 Å². The van der Waals surface area contributed by atoms with Gasteiger partial charge in [0.25, 0.3) is 0 Å². The highest BCUT2D eigenvalue weighted by atomic mass is 16.6. The first-order valence-electron chi connectivity index (χ1n) is 7.83. The highest BCUT2D eigenvalue weighted by molar-refractivity contribution is 5.84. The molecule has 0 N–H and O–H groups in total. The Morgan fingerprint density at radius 2 is 2.00 bits per heavy atom. The Bertz CT molecular complexity index is 850. The molecule has 2 rings (SSSR count). The van der Waals surface area contributed by atoms with Gasteiger partial charge < -0.3 is 18.6 Å². The number of carbonyl (C=O) groups excluding carboxylic acids is 2. The largest absolute Gasteiger partial charge is 0.479 e. The topological polar surface area (TPSA) is 92.0 Å². The van der Waals surface area contributed by atoms with Crippen molar-refractivity contribution in [1.82, 2.24) is 0 Å². The molecule has 0 radical (unpaired) electrons. The van der Waals surface area contributed by atoms with Gasteiger partial charge in [-0.1, -0.05) is 0 Å². The number of ether oxygens (including phenoxy) is 3. The van der Waals surface area contributed by atoms with Crippen LogP contribution in [0.25, 0.3) is 11.0 Å². The molecule has 134 valence electrons. The molecule has 0 spiro atoms. The van der Waals surface area contributed by atoms with Gasteiger partial charge in [-0.3, -0.25) is 4.79 Å². The Kier molecular flexibility index (Phi) is 5.80. The molecule has 0 aliphatic rings. The molecule has 0 saturated carbocycles. The molecule has 0 aliphatic carbocycles. The van der Waals surface area contributed by atoms with Crippen LogP contribution in [0.1, 0.15) is 25.0 Å². The molecule has 25 heavy (non-hydrogen) atoms. The summed E-state index contributed by atoms with van der Waals surface area (Å²) in [6.45, 7) is 5.29. The lowest BCUT2D eigenvalue weighted by Crippen LogP contribution is -2.26. The van der Waals surface area contributed by atoms with E-state index in [1.54, 1.807) is 32.9 Å². The first-order chi connectivity index (χ1) is 11.9. The van der Waals surface area contributed by atoms with E-state index in [1.165, 1.54) is 13.2 Å². The molecule has 1 atom stereocenters. The molecule has 0 saturated heterocycles. The first-order valence-corrected chi connectivity index (χ1v) is 7.83. The number of aryl methyl sites for hydroxylation is 1. The smallest absolute Gasteiger partial charge is 0.347 e. The van der Waals surface area contributed by atoms with Crippen LogP contribution in [0.15, 0.2) is 27.4 Å². The average Bonchev–Trinajstić information content (AvgIpc) is 2.58. The maximum Gasteiger partial charge on any atom is 0.347 e. The second-order valence-electron chi connectivity index (χ2n) is 5.42. The van der Waals surface area contributed by atoms with Crippen molar-refractivity contribution in [3.63, 3.8) is 0 Å². The summed E-state index contributed by atoms with van der Waals surface area (Å²) in [4.78, 5) is 35.2. The molecule has 0 bridgehead atoms. The minimum Gasteiger partial charge on any atom is -0.479 e. The lowest BCUT2D eigenvalue weighted by atomic mass is 10.0. The van der Waals surface area contributed by atoms with Gasteiger partial charge >= 0.3 is 17.6 Å². The zero-order chi connectivity index (χ0) is 18.6. The van der Waals surface area contributed by atoms with Crippen molar-refractivity contribution in [3.8, 4) is 5.75 Å². The van der Waals surface area contributed by atoms with E-state index < -0.39 is 23.7 Å². The Hall–Kier alpha value is -2.83. The molecule has 7 heteroatoms. The highest BCUT2D eigenvalue weighted by Gasteiger charge is 2.18. The lowest BCUT2D eigenvalue weighted by molar-refractivity contribution is -0.150. The maximum absolute atomic E-state index is 12.1. The summed E-state index contributed by atoms with van der Waals surface area (Å²) in [6, 6.07) is 4.90. The van der Waals surface area contributed by atoms with Gasteiger partial charge in [-0.25, -0.2) is 9.59 Å². The summed E-state index contributed by atoms with van der Waals surface area (Å²) < 4.78 is 20.3. The van der Waals surface area contributed by atoms with Crippen molar-refractivity contribution in [3.05, 3.63) is 39.7 Å². The van der Waals surface area contributed by atoms with Crippen LogP contribution in [0, 0.1) is 6.92 Å². The summed E-state index contributed by atoms with van der Waals surface area (Å²) in [6.07, 6.45) is -0.942. The van der Waals surface area contributed by atoms with Crippen LogP contribution < -0.4 is 10.4 Å². The van der Waals surface area contributed by atoms with Crippen LogP contribution in [-0.4, -0.2) is 31.8 Å². The number of rotatable bonds is 6. The van der Waals surface area contributed by atoms with Crippen LogP contribution >= 0.6 is 0 Å². The Morgan fingerprint density at radius 3 is 2.64 bits per heavy atom. The van der Waals surface area contributed by atoms with Gasteiger partial charge in [-0.05, 0) is 38.5 Å². The summed E-state index contributed by atoms with van der Waals surface area (Å²) >= 11 is 0. The quantitative estimate of drug-likeness (QED) is 0.583. The van der Waals surface area contributed by atoms with Gasteiger partial charge in [0, 0.05) is 11.5 Å². The third-order valence-electron chi connectivity index (χ3n) is 3.74. The van der Waals surface area contributed by atoms with Crippen molar-refractivity contribution >= 4 is 22.9 Å². The van der Waals surface area contributed by atoms with Gasteiger partial charge in [0.05, 0.1) is 25.7 Å². The lowest BCUT2D eigenvalue weighted by Gasteiger charge is -2.14. The summed E-state index contributed by atoms with van der Waals surface area (Å²) in [5.74, 6) is -0.622. The highest BCUT2D eigenvalue weighted by Crippen LogP contribution is 2.25. The second-order valence-corrected chi connectivity index (χ2v) is 5.42. The van der Waals surface area contributed by atoms with E-state index in [9.17, 15) is 14.4 Å². The third kappa shape index (κ3) is 4.17. The number of hydrogen-bond donors (Lipinski definition) is 0. The van der Waals surface area contributed by atoms with Crippen molar-refractivity contribution in [2.45, 2.75) is 33.3 Å². The number of benzene rings is 1. The van der Waals surface area contributed by atoms with E-state index in [4.69, 9.17) is 13.9 Å². The van der Waals surface area contributed by atoms with Crippen LogP contribution in [-0.2, 0) is 25.5 Å². The van der Waals surface area contributed by atoms with Crippen molar-refractivity contribution in [2.24, 2.45) is 0 Å². The Morgan fingerprint density at radius 1 is 1.28 bits per heavy atom. The zero-order valence-electron chi connectivity index (χ0n) is 14.6. The minimum atomic E-state index is -0.788. The standard InChI is InChI=1S/C18H20O7/c1-5-23-17(20)11(3)24-12-6-7-13-10(2)14(9-16(19)22-4)18(21)25-15(13)8-12/h6-8,11H,5,9H2,1-4H3/t11-/m1/s1. The molecule has 1 aromatic carbocycles. The van der Waals surface area contributed by atoms with Crippen LogP contribution in [0.4, 0.5) is 0 Å². The monoisotopic (exact) mass is 348 g/mol. The number of fused-ring (bicyclic) bond motifs is 1. The summed E-state index contributed by atoms with van der Waals surface area (Å²) in [5, 5.41) is 0.676. The molecule has 0 amide bonds. The molecule has 7 nitrogen and oxygen atoms in total. The summed E-state index contributed by atoms with van der Waals surface area (Å²) in [5.41, 5.74) is 0.602. The SMILES string of the molecule is CCOC(=O)[C@@H](C)Oc1ccc2c(C)c(CC(=O)OC)c(=O)oc2c1. The molecule has 1 aromatic heterocycles. The van der Waals surface area contributed by atoms with Gasteiger partial charge in [0.1, 0.15) is 11.3 Å². The normalized spacial score (nSPS) is 11.8. The second kappa shape index (κ2) is 7.83. The molecule has 2 aromatic rings. The Labute approximate surface area is 144 Å². The predicted octanol–water partition coefficient (Wildman–Crippen LogP) is 2.15. The van der Waals surface area contributed by atoms with Crippen LogP contribution in [0.2, 0.25) is 0 Å². The number of carbonyl (C=O) groups is 2. The van der Waals surface area contributed by atoms with E-state index in [2.05, 4.69) is 4.74 Å². The maximum atomic E-state index is 12.1. The van der Waals surface area contributed by atoms with Crippen molar-refractivity contribution < 1.29 is 28.2 Å². The third-order valence-corrected chi connectivity index (χ3v) is 3.74. The molecular weight excluding hydrogens is 328 g/mol. The van der Waals surface area contributed by atoms with E-state index in [-0.39, 0.29) is 18.6 Å². The minimum absolute atomic E-state index is 0.154. The average molecular weight is 348 g/mol. The molecule has 0 fully saturated rings. The fraction of sp³-hybridized carbons (Fsp3) is 0.389. The van der Waals surface area contributed by atoms with Crippen LogP contribution in [0.3, 0.4) is 0 Å². The fourth-order valence-electron chi connectivity index (χ4n) is 2.38. The molecule has 0 aliphatic heterocycles. The number of hydrogen-bond acceptors (Lipinski definition) is 7. The molecule has 0 unspecified atom stereocenters. The van der Waals surface area contributed by atoms with Gasteiger partial charge in [-0.2, -0.15) is 0 Å². The molecular formula is C18H20O7. The molecule has 1 heterocycles.